The SMILES string of the molecule is O=C1NC(=O)C2NC(c3ccccc3)C(c3ccccc3)NC2N1. The van der Waals surface area contributed by atoms with Crippen LogP contribution in [0, 0.1) is 0 Å². The van der Waals surface area contributed by atoms with Gasteiger partial charge in [-0.1, -0.05) is 60.7 Å². The molecule has 6 nitrogen and oxygen atoms in total. The quantitative estimate of drug-likeness (QED) is 0.669. The molecule has 24 heavy (non-hydrogen) atoms. The number of benzene rings is 2. The normalized spacial score (nSPS) is 29.3. The number of hydrogen-bond donors (Lipinski definition) is 4. The third kappa shape index (κ3) is 2.66. The van der Waals surface area contributed by atoms with Gasteiger partial charge in [-0.05, 0) is 11.1 Å². The van der Waals surface area contributed by atoms with E-state index >= 15 is 0 Å². The van der Waals surface area contributed by atoms with Crippen LogP contribution in [0.1, 0.15) is 23.2 Å². The first-order valence-corrected chi connectivity index (χ1v) is 7.96. The molecule has 0 aromatic heterocycles. The van der Waals surface area contributed by atoms with E-state index in [-0.39, 0.29) is 18.0 Å². The third-order valence-electron chi connectivity index (χ3n) is 4.51. The van der Waals surface area contributed by atoms with Crippen molar-refractivity contribution in [3.63, 3.8) is 0 Å². The smallest absolute Gasteiger partial charge is 0.320 e. The lowest BCUT2D eigenvalue weighted by molar-refractivity contribution is -0.125. The summed E-state index contributed by atoms with van der Waals surface area (Å²) in [6, 6.07) is 18.9. The van der Waals surface area contributed by atoms with Crippen LogP contribution in [0.5, 0.6) is 0 Å². The van der Waals surface area contributed by atoms with Gasteiger partial charge >= 0.3 is 6.03 Å². The fraction of sp³-hybridized carbons (Fsp3) is 0.222. The van der Waals surface area contributed by atoms with Crippen LogP contribution >= 0.6 is 0 Å². The van der Waals surface area contributed by atoms with Crippen molar-refractivity contribution in [2.75, 3.05) is 0 Å². The lowest BCUT2D eigenvalue weighted by Gasteiger charge is -2.45. The molecule has 122 valence electrons. The largest absolute Gasteiger partial charge is 0.322 e. The Balaban J connectivity index is 1.71. The van der Waals surface area contributed by atoms with Crippen LogP contribution in [0.4, 0.5) is 4.79 Å². The first kappa shape index (κ1) is 14.9. The summed E-state index contributed by atoms with van der Waals surface area (Å²) in [7, 11) is 0. The predicted molar refractivity (Wildman–Crippen MR) is 88.9 cm³/mol. The molecule has 2 fully saturated rings. The van der Waals surface area contributed by atoms with Crippen molar-refractivity contribution >= 4 is 11.9 Å². The number of hydrogen-bond acceptors (Lipinski definition) is 4. The lowest BCUT2D eigenvalue weighted by Crippen LogP contribution is -2.74. The molecule has 4 atom stereocenters. The summed E-state index contributed by atoms with van der Waals surface area (Å²) in [5, 5.41) is 11.9. The maximum absolute atomic E-state index is 12.2. The van der Waals surface area contributed by atoms with Crippen molar-refractivity contribution in [3.05, 3.63) is 71.8 Å². The van der Waals surface area contributed by atoms with E-state index in [0.29, 0.717) is 0 Å². The second kappa shape index (κ2) is 6.07. The third-order valence-corrected chi connectivity index (χ3v) is 4.51. The van der Waals surface area contributed by atoms with Crippen LogP contribution in [0.25, 0.3) is 0 Å². The highest BCUT2D eigenvalue weighted by Crippen LogP contribution is 2.33. The molecule has 0 saturated carbocycles. The number of carbonyl (C=O) groups is 2. The van der Waals surface area contributed by atoms with Crippen LogP contribution in [-0.2, 0) is 4.79 Å². The zero-order valence-electron chi connectivity index (χ0n) is 12.9. The zero-order valence-corrected chi connectivity index (χ0v) is 12.9. The summed E-state index contributed by atoms with van der Waals surface area (Å²) in [4.78, 5) is 23.8. The van der Waals surface area contributed by atoms with Crippen LogP contribution in [0.2, 0.25) is 0 Å². The number of imide groups is 1. The highest BCUT2D eigenvalue weighted by Gasteiger charge is 2.44. The summed E-state index contributed by atoms with van der Waals surface area (Å²) < 4.78 is 0. The van der Waals surface area contributed by atoms with Gasteiger partial charge in [-0.3, -0.25) is 20.7 Å². The number of piperazine rings is 1. The standard InChI is InChI=1S/C18H18N4O2/c23-17-15-16(21-18(24)22-17)20-14(12-9-5-2-6-10-12)13(19-15)11-7-3-1-4-8-11/h1-10,13-16,19-20H,(H2,21,22,23,24). The van der Waals surface area contributed by atoms with Crippen LogP contribution in [-0.4, -0.2) is 24.1 Å². The van der Waals surface area contributed by atoms with E-state index < -0.39 is 18.2 Å². The summed E-state index contributed by atoms with van der Waals surface area (Å²) in [5.41, 5.74) is 2.18. The molecule has 3 amide bonds. The molecule has 0 aliphatic carbocycles. The van der Waals surface area contributed by atoms with Gasteiger partial charge in [-0.15, -0.1) is 0 Å². The van der Waals surface area contributed by atoms with Gasteiger partial charge in [0, 0.05) is 0 Å². The number of amides is 3. The fourth-order valence-electron chi connectivity index (χ4n) is 3.39. The van der Waals surface area contributed by atoms with E-state index in [1.165, 1.54) is 0 Å². The first-order valence-electron chi connectivity index (χ1n) is 7.96. The van der Waals surface area contributed by atoms with Crippen LogP contribution in [0.15, 0.2) is 60.7 Å². The van der Waals surface area contributed by atoms with Crippen molar-refractivity contribution in [1.29, 1.82) is 0 Å². The molecule has 0 radical (unpaired) electrons. The van der Waals surface area contributed by atoms with E-state index in [2.05, 4.69) is 21.3 Å². The molecule has 4 unspecified atom stereocenters. The van der Waals surface area contributed by atoms with Gasteiger partial charge in [0.05, 0.1) is 12.1 Å². The molecule has 0 spiro atoms. The Morgan fingerprint density at radius 2 is 1.21 bits per heavy atom. The van der Waals surface area contributed by atoms with Gasteiger partial charge in [0.1, 0.15) is 12.2 Å². The minimum atomic E-state index is -0.520. The molecule has 2 aliphatic heterocycles. The number of carbonyl (C=O) groups excluding carboxylic acids is 2. The van der Waals surface area contributed by atoms with E-state index in [4.69, 9.17) is 0 Å². The van der Waals surface area contributed by atoms with Crippen LogP contribution < -0.4 is 21.3 Å². The molecule has 0 bridgehead atoms. The Labute approximate surface area is 139 Å². The maximum Gasteiger partial charge on any atom is 0.322 e. The highest BCUT2D eigenvalue weighted by atomic mass is 16.2. The van der Waals surface area contributed by atoms with Gasteiger partial charge in [-0.25, -0.2) is 4.79 Å². The summed E-state index contributed by atoms with van der Waals surface area (Å²) in [5.74, 6) is -0.316. The van der Waals surface area contributed by atoms with E-state index in [9.17, 15) is 9.59 Å². The Kier molecular flexibility index (Phi) is 3.76. The molecular weight excluding hydrogens is 304 g/mol. The van der Waals surface area contributed by atoms with Crippen molar-refractivity contribution in [2.24, 2.45) is 0 Å². The fourth-order valence-corrected chi connectivity index (χ4v) is 3.39. The van der Waals surface area contributed by atoms with E-state index in [1.54, 1.807) is 0 Å². The maximum atomic E-state index is 12.2. The van der Waals surface area contributed by atoms with Crippen molar-refractivity contribution in [1.82, 2.24) is 21.3 Å². The van der Waals surface area contributed by atoms with E-state index in [0.717, 1.165) is 11.1 Å². The van der Waals surface area contributed by atoms with Gasteiger partial charge in [0.15, 0.2) is 0 Å². The molecule has 2 heterocycles. The minimum Gasteiger partial charge on any atom is -0.320 e. The molecular formula is C18H18N4O2. The van der Waals surface area contributed by atoms with Crippen molar-refractivity contribution in [3.8, 4) is 0 Å². The minimum absolute atomic E-state index is 0.0685. The van der Waals surface area contributed by atoms with Crippen molar-refractivity contribution < 1.29 is 9.59 Å². The summed E-state index contributed by atoms with van der Waals surface area (Å²) in [6.07, 6.45) is -0.448. The summed E-state index contributed by atoms with van der Waals surface area (Å²) in [6.45, 7) is 0. The Bertz CT molecular complexity index is 750. The van der Waals surface area contributed by atoms with Crippen molar-refractivity contribution in [2.45, 2.75) is 24.3 Å². The molecule has 6 heteroatoms. The average Bonchev–Trinajstić information content (AvgIpc) is 2.62. The lowest BCUT2D eigenvalue weighted by atomic mass is 9.88. The highest BCUT2D eigenvalue weighted by molar-refractivity contribution is 6.00. The number of nitrogens with one attached hydrogen (secondary N) is 4. The van der Waals surface area contributed by atoms with Gasteiger partial charge in [0.25, 0.3) is 0 Å². The Morgan fingerprint density at radius 3 is 1.79 bits per heavy atom. The second-order valence-electron chi connectivity index (χ2n) is 6.03. The van der Waals surface area contributed by atoms with E-state index in [1.807, 2.05) is 60.7 Å². The molecule has 2 aliphatic rings. The van der Waals surface area contributed by atoms with Gasteiger partial charge < -0.3 is 5.32 Å². The monoisotopic (exact) mass is 322 g/mol. The Hall–Kier alpha value is -2.70. The number of rotatable bonds is 2. The zero-order chi connectivity index (χ0) is 16.5. The summed E-state index contributed by atoms with van der Waals surface area (Å²) >= 11 is 0. The molecule has 2 aromatic rings. The van der Waals surface area contributed by atoms with Crippen LogP contribution in [0.3, 0.4) is 0 Å². The van der Waals surface area contributed by atoms with Gasteiger partial charge in [0.2, 0.25) is 5.91 Å². The first-order chi connectivity index (χ1) is 11.7. The molecule has 2 saturated heterocycles. The average molecular weight is 322 g/mol. The Morgan fingerprint density at radius 1 is 0.667 bits per heavy atom. The molecule has 4 N–H and O–H groups in total. The molecule has 4 rings (SSSR count). The predicted octanol–water partition coefficient (Wildman–Crippen LogP) is 1.20. The van der Waals surface area contributed by atoms with Gasteiger partial charge in [-0.2, -0.15) is 0 Å². The molecule has 2 aromatic carbocycles. The topological polar surface area (TPSA) is 82.3 Å². The number of fused-ring (bicyclic) bond motifs is 1. The number of urea groups is 1. The second-order valence-corrected chi connectivity index (χ2v) is 6.03.